The fraction of sp³-hybridized carbons (Fsp3) is 0.667. The van der Waals surface area contributed by atoms with Crippen LogP contribution in [0.25, 0.3) is 0 Å². The predicted molar refractivity (Wildman–Crippen MR) is 80.2 cm³/mol. The maximum atomic E-state index is 12.4. The molecule has 1 aromatic heterocycles. The fourth-order valence-corrected chi connectivity index (χ4v) is 3.67. The van der Waals surface area contributed by atoms with Gasteiger partial charge in [-0.15, -0.1) is 0 Å². The number of halogens is 1. The Bertz CT molecular complexity index is 507. The molecular weight excluding hydrogens is 274 g/mol. The summed E-state index contributed by atoms with van der Waals surface area (Å²) in [7, 11) is 0. The van der Waals surface area contributed by atoms with Crippen molar-refractivity contribution in [1.29, 1.82) is 0 Å². The summed E-state index contributed by atoms with van der Waals surface area (Å²) in [6.07, 6.45) is 7.68. The fourth-order valence-electron chi connectivity index (χ4n) is 3.45. The number of amides is 1. The molecule has 1 amide bonds. The summed E-state index contributed by atoms with van der Waals surface area (Å²) in [5, 5.41) is 7.44. The van der Waals surface area contributed by atoms with E-state index in [-0.39, 0.29) is 11.9 Å². The van der Waals surface area contributed by atoms with Gasteiger partial charge in [0.15, 0.2) is 0 Å². The van der Waals surface area contributed by atoms with E-state index in [2.05, 4.69) is 10.6 Å². The first-order chi connectivity index (χ1) is 9.62. The Morgan fingerprint density at radius 1 is 1.60 bits per heavy atom. The van der Waals surface area contributed by atoms with Crippen LogP contribution in [0.2, 0.25) is 5.02 Å². The normalized spacial score (nSPS) is 24.4. The molecule has 20 heavy (non-hydrogen) atoms. The molecule has 5 heteroatoms. The first kappa shape index (κ1) is 14.0. The van der Waals surface area contributed by atoms with Gasteiger partial charge in [0.1, 0.15) is 5.69 Å². The smallest absolute Gasteiger partial charge is 0.268 e. The Morgan fingerprint density at radius 2 is 2.40 bits per heavy atom. The molecule has 1 unspecified atom stereocenters. The van der Waals surface area contributed by atoms with Crippen molar-refractivity contribution in [2.75, 3.05) is 6.54 Å². The van der Waals surface area contributed by atoms with E-state index in [0.717, 1.165) is 25.9 Å². The van der Waals surface area contributed by atoms with Gasteiger partial charge in [-0.3, -0.25) is 4.79 Å². The summed E-state index contributed by atoms with van der Waals surface area (Å²) in [4.78, 5) is 12.4. The van der Waals surface area contributed by atoms with Gasteiger partial charge in [-0.25, -0.2) is 0 Å². The molecular formula is C15H22ClN3O. The van der Waals surface area contributed by atoms with E-state index in [4.69, 9.17) is 11.6 Å². The molecule has 1 aliphatic carbocycles. The first-order valence-corrected chi connectivity index (χ1v) is 7.91. The molecule has 2 fully saturated rings. The maximum Gasteiger partial charge on any atom is 0.268 e. The number of hydrogen-bond acceptors (Lipinski definition) is 2. The van der Waals surface area contributed by atoms with Crippen LogP contribution in [0.1, 0.15) is 49.5 Å². The third kappa shape index (κ3) is 2.59. The van der Waals surface area contributed by atoms with Crippen LogP contribution in [0.15, 0.2) is 12.3 Å². The number of nitrogens with zero attached hydrogens (tertiary/aromatic N) is 1. The lowest BCUT2D eigenvalue weighted by Crippen LogP contribution is -2.59. The van der Waals surface area contributed by atoms with Crippen molar-refractivity contribution in [3.8, 4) is 0 Å². The molecule has 110 valence electrons. The van der Waals surface area contributed by atoms with Gasteiger partial charge in [0.25, 0.3) is 5.91 Å². The Balaban J connectivity index is 1.66. The van der Waals surface area contributed by atoms with Gasteiger partial charge in [-0.05, 0) is 51.6 Å². The van der Waals surface area contributed by atoms with Crippen LogP contribution in [-0.4, -0.2) is 28.6 Å². The van der Waals surface area contributed by atoms with Crippen molar-refractivity contribution in [2.24, 2.45) is 0 Å². The van der Waals surface area contributed by atoms with Crippen LogP contribution in [0.5, 0.6) is 0 Å². The van der Waals surface area contributed by atoms with Gasteiger partial charge in [-0.1, -0.05) is 11.6 Å². The minimum Gasteiger partial charge on any atom is -0.348 e. The van der Waals surface area contributed by atoms with E-state index in [1.54, 1.807) is 6.07 Å². The Hall–Kier alpha value is -1.00. The largest absolute Gasteiger partial charge is 0.348 e. The molecule has 2 aliphatic rings. The Morgan fingerprint density at radius 3 is 3.05 bits per heavy atom. The van der Waals surface area contributed by atoms with Gasteiger partial charge >= 0.3 is 0 Å². The minimum absolute atomic E-state index is 0.000114. The van der Waals surface area contributed by atoms with Crippen molar-refractivity contribution in [3.63, 3.8) is 0 Å². The molecule has 1 saturated carbocycles. The monoisotopic (exact) mass is 295 g/mol. The van der Waals surface area contributed by atoms with Gasteiger partial charge in [-0.2, -0.15) is 0 Å². The van der Waals surface area contributed by atoms with Crippen LogP contribution >= 0.6 is 11.6 Å². The standard InChI is InChI=1S/C15H22ClN3O/c1-2-19-10-11(16)8-13(19)14(20)18-12-4-7-17-15(9-12)5-3-6-15/h8,10,12,17H,2-7,9H2,1H3,(H,18,20). The molecule has 1 spiro atoms. The quantitative estimate of drug-likeness (QED) is 0.900. The Labute approximate surface area is 124 Å². The molecule has 2 heterocycles. The number of nitrogens with one attached hydrogen (secondary N) is 2. The summed E-state index contributed by atoms with van der Waals surface area (Å²) in [5.41, 5.74) is 0.972. The maximum absolute atomic E-state index is 12.4. The Kier molecular flexibility index (Phi) is 3.78. The van der Waals surface area contributed by atoms with Crippen LogP contribution in [0.3, 0.4) is 0 Å². The van der Waals surface area contributed by atoms with Crippen molar-refractivity contribution in [2.45, 2.75) is 57.2 Å². The zero-order valence-corrected chi connectivity index (χ0v) is 12.7. The molecule has 1 aromatic rings. The van der Waals surface area contributed by atoms with Crippen LogP contribution in [0.4, 0.5) is 0 Å². The number of carbonyl (C=O) groups is 1. The highest BCUT2D eigenvalue weighted by molar-refractivity contribution is 6.31. The number of aromatic nitrogens is 1. The number of aryl methyl sites for hydroxylation is 1. The second kappa shape index (κ2) is 5.41. The molecule has 0 aromatic carbocycles. The van der Waals surface area contributed by atoms with Crippen molar-refractivity contribution < 1.29 is 4.79 Å². The highest BCUT2D eigenvalue weighted by Gasteiger charge is 2.41. The summed E-state index contributed by atoms with van der Waals surface area (Å²) in [5.74, 6) is 0.000114. The zero-order chi connectivity index (χ0) is 14.2. The van der Waals surface area contributed by atoms with Crippen LogP contribution < -0.4 is 10.6 Å². The van der Waals surface area contributed by atoms with E-state index < -0.39 is 0 Å². The lowest BCUT2D eigenvalue weighted by atomic mass is 9.70. The van der Waals surface area contributed by atoms with Gasteiger partial charge in [0.05, 0.1) is 5.02 Å². The van der Waals surface area contributed by atoms with E-state index in [1.807, 2.05) is 17.7 Å². The minimum atomic E-state index is 0.000114. The molecule has 4 nitrogen and oxygen atoms in total. The summed E-state index contributed by atoms with van der Waals surface area (Å²) in [6.45, 7) is 3.77. The second-order valence-corrected chi connectivity index (χ2v) is 6.49. The molecule has 0 radical (unpaired) electrons. The number of rotatable bonds is 3. The topological polar surface area (TPSA) is 46.1 Å². The molecule has 1 saturated heterocycles. The number of carbonyl (C=O) groups excluding carboxylic acids is 1. The SMILES string of the molecule is CCn1cc(Cl)cc1C(=O)NC1CCNC2(CCC2)C1. The molecule has 2 N–H and O–H groups in total. The third-order valence-electron chi connectivity index (χ3n) is 4.71. The average Bonchev–Trinajstić information content (AvgIpc) is 2.78. The molecule has 0 bridgehead atoms. The van der Waals surface area contributed by atoms with E-state index in [0.29, 0.717) is 16.3 Å². The van der Waals surface area contributed by atoms with Gasteiger partial charge in [0, 0.05) is 24.3 Å². The van der Waals surface area contributed by atoms with Crippen LogP contribution in [-0.2, 0) is 6.54 Å². The predicted octanol–water partition coefficient (Wildman–Crippen LogP) is 2.57. The van der Waals surface area contributed by atoms with Crippen molar-refractivity contribution in [1.82, 2.24) is 15.2 Å². The lowest BCUT2D eigenvalue weighted by Gasteiger charge is -2.48. The van der Waals surface area contributed by atoms with E-state index >= 15 is 0 Å². The second-order valence-electron chi connectivity index (χ2n) is 6.05. The summed E-state index contributed by atoms with van der Waals surface area (Å²) in [6, 6.07) is 2.03. The number of piperidine rings is 1. The summed E-state index contributed by atoms with van der Waals surface area (Å²) < 4.78 is 1.90. The molecule has 3 rings (SSSR count). The zero-order valence-electron chi connectivity index (χ0n) is 11.9. The van der Waals surface area contributed by atoms with Gasteiger partial charge in [0.2, 0.25) is 0 Å². The van der Waals surface area contributed by atoms with Crippen molar-refractivity contribution in [3.05, 3.63) is 23.0 Å². The number of hydrogen-bond donors (Lipinski definition) is 2. The highest BCUT2D eigenvalue weighted by Crippen LogP contribution is 2.38. The average molecular weight is 296 g/mol. The van der Waals surface area contributed by atoms with Crippen LogP contribution in [0, 0.1) is 0 Å². The highest BCUT2D eigenvalue weighted by atomic mass is 35.5. The van der Waals surface area contributed by atoms with E-state index in [9.17, 15) is 4.79 Å². The van der Waals surface area contributed by atoms with Crippen molar-refractivity contribution >= 4 is 17.5 Å². The summed E-state index contributed by atoms with van der Waals surface area (Å²) >= 11 is 6.00. The van der Waals surface area contributed by atoms with Gasteiger partial charge < -0.3 is 15.2 Å². The lowest BCUT2D eigenvalue weighted by molar-refractivity contribution is 0.0845. The molecule has 1 atom stereocenters. The third-order valence-corrected chi connectivity index (χ3v) is 4.92. The first-order valence-electron chi connectivity index (χ1n) is 7.53. The molecule has 1 aliphatic heterocycles. The van der Waals surface area contributed by atoms with E-state index in [1.165, 1.54) is 19.3 Å².